The Balaban J connectivity index is 0. The Labute approximate surface area is 64.9 Å². The second-order valence-electron chi connectivity index (χ2n) is 1.98. The van der Waals surface area contributed by atoms with Crippen LogP contribution in [-0.2, 0) is 4.65 Å². The van der Waals surface area contributed by atoms with Gasteiger partial charge in [0.1, 0.15) is 0 Å². The summed E-state index contributed by atoms with van der Waals surface area (Å²) < 4.78 is 4.41. The Morgan fingerprint density at radius 3 is 1.70 bits per heavy atom. The first kappa shape index (κ1) is 12.6. The van der Waals surface area contributed by atoms with E-state index in [4.69, 9.17) is 5.02 Å². The number of hydrogen-bond donors (Lipinski definition) is 1. The van der Waals surface area contributed by atoms with Crippen molar-refractivity contribution in [2.75, 3.05) is 6.61 Å². The SMILES string of the molecule is CCCC.CCCO[B]O. The van der Waals surface area contributed by atoms with Crippen LogP contribution in [0.2, 0.25) is 0 Å². The molecule has 0 aliphatic heterocycles. The lowest BCUT2D eigenvalue weighted by atomic mass is 10.4. The van der Waals surface area contributed by atoms with E-state index in [1.165, 1.54) is 12.8 Å². The first-order valence-corrected chi connectivity index (χ1v) is 3.90. The molecule has 0 atom stereocenters. The van der Waals surface area contributed by atoms with E-state index in [9.17, 15) is 0 Å². The highest BCUT2D eigenvalue weighted by atomic mass is 16.5. The molecule has 0 heterocycles. The normalized spacial score (nSPS) is 8.00. The van der Waals surface area contributed by atoms with E-state index < -0.39 is 0 Å². The average molecular weight is 145 g/mol. The van der Waals surface area contributed by atoms with Gasteiger partial charge in [0.25, 0.3) is 0 Å². The van der Waals surface area contributed by atoms with Gasteiger partial charge in [-0.25, -0.2) is 0 Å². The van der Waals surface area contributed by atoms with Gasteiger partial charge in [0, 0.05) is 6.61 Å². The van der Waals surface area contributed by atoms with Gasteiger partial charge in [0.2, 0.25) is 0 Å². The zero-order valence-electron chi connectivity index (χ0n) is 7.26. The van der Waals surface area contributed by atoms with Gasteiger partial charge < -0.3 is 9.68 Å². The van der Waals surface area contributed by atoms with Gasteiger partial charge in [0.05, 0.1) is 0 Å². The third-order valence-electron chi connectivity index (χ3n) is 0.897. The highest BCUT2D eigenvalue weighted by molar-refractivity contribution is 6.15. The smallest absolute Gasteiger partial charge is 0.429 e. The fourth-order valence-electron chi connectivity index (χ4n) is 0.171. The van der Waals surface area contributed by atoms with Gasteiger partial charge in [-0.2, -0.15) is 0 Å². The predicted octanol–water partition coefficient (Wildman–Crippen LogP) is 1.75. The zero-order valence-corrected chi connectivity index (χ0v) is 7.26. The summed E-state index contributed by atoms with van der Waals surface area (Å²) in [6, 6.07) is 0. The topological polar surface area (TPSA) is 29.5 Å². The molecule has 0 spiro atoms. The summed E-state index contributed by atoms with van der Waals surface area (Å²) in [5.41, 5.74) is 0. The molecular weight excluding hydrogens is 127 g/mol. The molecule has 10 heavy (non-hydrogen) atoms. The molecule has 0 rings (SSSR count). The van der Waals surface area contributed by atoms with E-state index in [2.05, 4.69) is 18.5 Å². The van der Waals surface area contributed by atoms with E-state index >= 15 is 0 Å². The van der Waals surface area contributed by atoms with Crippen LogP contribution in [0.1, 0.15) is 40.0 Å². The van der Waals surface area contributed by atoms with Gasteiger partial charge >= 0.3 is 7.69 Å². The molecule has 0 unspecified atom stereocenters. The lowest BCUT2D eigenvalue weighted by Gasteiger charge is -1.88. The molecular formula is C7H18BO2. The molecule has 0 saturated carbocycles. The Bertz CT molecular complexity index is 36.6. The summed E-state index contributed by atoms with van der Waals surface area (Å²) in [4.78, 5) is 0. The summed E-state index contributed by atoms with van der Waals surface area (Å²) >= 11 is 0. The average Bonchev–Trinajstić information content (AvgIpc) is 2.01. The highest BCUT2D eigenvalue weighted by Crippen LogP contribution is 1.76. The van der Waals surface area contributed by atoms with Gasteiger partial charge in [-0.15, -0.1) is 0 Å². The van der Waals surface area contributed by atoms with Crippen LogP contribution in [0.4, 0.5) is 0 Å². The van der Waals surface area contributed by atoms with Crippen molar-refractivity contribution in [3.05, 3.63) is 0 Å². The molecule has 0 aliphatic carbocycles. The monoisotopic (exact) mass is 145 g/mol. The van der Waals surface area contributed by atoms with Crippen LogP contribution >= 0.6 is 0 Å². The van der Waals surface area contributed by atoms with Crippen molar-refractivity contribution in [3.63, 3.8) is 0 Å². The third kappa shape index (κ3) is 24.5. The molecule has 1 N–H and O–H groups in total. The van der Waals surface area contributed by atoms with Crippen LogP contribution in [0.3, 0.4) is 0 Å². The van der Waals surface area contributed by atoms with Crippen molar-refractivity contribution in [3.8, 4) is 0 Å². The number of unbranched alkanes of at least 4 members (excludes halogenated alkanes) is 1. The summed E-state index contributed by atoms with van der Waals surface area (Å²) in [7, 11) is 0.712. The molecule has 0 amide bonds. The maximum absolute atomic E-state index is 7.85. The Morgan fingerprint density at radius 1 is 1.10 bits per heavy atom. The van der Waals surface area contributed by atoms with E-state index in [1.807, 2.05) is 6.92 Å². The molecule has 1 radical (unpaired) electrons. The van der Waals surface area contributed by atoms with E-state index in [1.54, 1.807) is 0 Å². The molecule has 3 heteroatoms. The van der Waals surface area contributed by atoms with Gasteiger partial charge in [-0.1, -0.05) is 33.6 Å². The first-order chi connectivity index (χ1) is 4.83. The quantitative estimate of drug-likeness (QED) is 0.482. The van der Waals surface area contributed by atoms with Crippen LogP contribution in [-0.4, -0.2) is 19.3 Å². The minimum Gasteiger partial charge on any atom is -0.429 e. The van der Waals surface area contributed by atoms with Crippen LogP contribution < -0.4 is 0 Å². The van der Waals surface area contributed by atoms with Crippen molar-refractivity contribution in [1.29, 1.82) is 0 Å². The fraction of sp³-hybridized carbons (Fsp3) is 1.00. The van der Waals surface area contributed by atoms with Crippen molar-refractivity contribution in [2.24, 2.45) is 0 Å². The predicted molar refractivity (Wildman–Crippen MR) is 44.8 cm³/mol. The third-order valence-corrected chi connectivity index (χ3v) is 0.897. The number of rotatable bonds is 4. The molecule has 2 nitrogen and oxygen atoms in total. The van der Waals surface area contributed by atoms with Crippen LogP contribution in [0.15, 0.2) is 0 Å². The minimum absolute atomic E-state index is 0.608. The van der Waals surface area contributed by atoms with Gasteiger partial charge in [-0.3, -0.25) is 0 Å². The Hall–Kier alpha value is -0.0151. The molecule has 0 saturated heterocycles. The van der Waals surface area contributed by atoms with Crippen LogP contribution in [0, 0.1) is 0 Å². The lowest BCUT2D eigenvalue weighted by Crippen LogP contribution is -1.96. The first-order valence-electron chi connectivity index (χ1n) is 3.90. The fourth-order valence-corrected chi connectivity index (χ4v) is 0.171. The summed E-state index contributed by atoms with van der Waals surface area (Å²) in [6.45, 7) is 6.94. The second-order valence-corrected chi connectivity index (χ2v) is 1.98. The van der Waals surface area contributed by atoms with Gasteiger partial charge in [-0.05, 0) is 6.42 Å². The zero-order chi connectivity index (χ0) is 8.24. The molecule has 0 aromatic rings. The molecule has 0 aliphatic rings. The molecule has 61 valence electrons. The highest BCUT2D eigenvalue weighted by Gasteiger charge is 1.79. The molecule has 0 bridgehead atoms. The van der Waals surface area contributed by atoms with Crippen molar-refractivity contribution < 1.29 is 9.68 Å². The second kappa shape index (κ2) is 16.0. The summed E-state index contributed by atoms with van der Waals surface area (Å²) in [5.74, 6) is 0. The van der Waals surface area contributed by atoms with Crippen molar-refractivity contribution >= 4 is 7.69 Å². The Kier molecular flexibility index (Phi) is 20.2. The number of hydrogen-bond acceptors (Lipinski definition) is 2. The van der Waals surface area contributed by atoms with E-state index in [0.717, 1.165) is 6.42 Å². The summed E-state index contributed by atoms with van der Waals surface area (Å²) in [6.07, 6.45) is 3.58. The molecule has 0 aromatic carbocycles. The van der Waals surface area contributed by atoms with Gasteiger partial charge in [0.15, 0.2) is 0 Å². The van der Waals surface area contributed by atoms with Crippen molar-refractivity contribution in [2.45, 2.75) is 40.0 Å². The van der Waals surface area contributed by atoms with E-state index in [-0.39, 0.29) is 0 Å². The standard InChI is InChI=1S/C4H10.C3H8BO2/c1-3-4-2;1-2-3-6-4-5/h3-4H2,1-2H3;5H,2-3H2,1H3. The maximum atomic E-state index is 7.85. The molecule has 0 aromatic heterocycles. The van der Waals surface area contributed by atoms with E-state index in [0.29, 0.717) is 14.3 Å². The maximum Gasteiger partial charge on any atom is 0.485 e. The minimum atomic E-state index is 0.608. The molecule has 0 fully saturated rings. The van der Waals surface area contributed by atoms with Crippen LogP contribution in [0.5, 0.6) is 0 Å². The van der Waals surface area contributed by atoms with Crippen LogP contribution in [0.25, 0.3) is 0 Å². The largest absolute Gasteiger partial charge is 0.485 e. The lowest BCUT2D eigenvalue weighted by molar-refractivity contribution is 0.284. The van der Waals surface area contributed by atoms with Crippen molar-refractivity contribution in [1.82, 2.24) is 0 Å². The Morgan fingerprint density at radius 2 is 1.60 bits per heavy atom. The summed E-state index contributed by atoms with van der Waals surface area (Å²) in [5, 5.41) is 7.85.